The van der Waals surface area contributed by atoms with Gasteiger partial charge in [0.1, 0.15) is 0 Å². The van der Waals surface area contributed by atoms with Crippen LogP contribution in [0.1, 0.15) is 0 Å². The van der Waals surface area contributed by atoms with E-state index in [2.05, 4.69) is 11.5 Å². The molecule has 0 aliphatic heterocycles. The fourth-order valence-electron chi connectivity index (χ4n) is 0. The largest absolute Gasteiger partial charge is 0.370 e. The fourth-order valence-corrected chi connectivity index (χ4v) is 0. The average molecular weight is 178 g/mol. The van der Waals surface area contributed by atoms with E-state index < -0.39 is 11.4 Å². The first kappa shape index (κ1) is 15.9. The number of nitrogens with two attached hydrogens (primary N) is 2. The Morgan fingerprint density at radius 2 is 1.44 bits per heavy atom. The van der Waals surface area contributed by atoms with Crippen molar-refractivity contribution in [3.05, 3.63) is 0 Å². The second-order valence-electron chi connectivity index (χ2n) is 0.686. The van der Waals surface area contributed by atoms with Crippen LogP contribution < -0.4 is 11.5 Å². The second kappa shape index (κ2) is 10.6. The highest BCUT2D eigenvalue weighted by Gasteiger charge is 1.62. The maximum Gasteiger partial charge on any atom is 0.299 e. The summed E-state index contributed by atoms with van der Waals surface area (Å²) in [6.45, 7) is 0. The Bertz CT molecular complexity index is 77.1. The van der Waals surface area contributed by atoms with Gasteiger partial charge in [-0.2, -0.15) is 4.21 Å². The molecule has 0 bridgehead atoms. The van der Waals surface area contributed by atoms with Gasteiger partial charge in [0.15, 0.2) is 5.96 Å². The molecule has 0 aliphatic carbocycles. The van der Waals surface area contributed by atoms with Crippen molar-refractivity contribution >= 4 is 29.7 Å². The smallest absolute Gasteiger partial charge is 0.299 e. The molecule has 0 heterocycles. The molecule has 0 radical (unpaired) electrons. The van der Waals surface area contributed by atoms with Crippen molar-refractivity contribution in [3.8, 4) is 0 Å². The summed E-state index contributed by atoms with van der Waals surface area (Å²) in [5.74, 6) is -0.333. The number of halogens is 1. The van der Waals surface area contributed by atoms with Gasteiger partial charge in [0.2, 0.25) is 0 Å². The van der Waals surface area contributed by atoms with Crippen LogP contribution in [-0.2, 0) is 11.4 Å². The van der Waals surface area contributed by atoms with Crippen molar-refractivity contribution in [2.24, 2.45) is 11.5 Å². The van der Waals surface area contributed by atoms with Crippen molar-refractivity contribution in [1.82, 2.24) is 0 Å². The highest BCUT2D eigenvalue weighted by atomic mass is 35.5. The maximum atomic E-state index is 8.67. The summed E-state index contributed by atoms with van der Waals surface area (Å²) in [4.78, 5) is 0. The molecule has 6 nitrogen and oxygen atoms in total. The minimum absolute atomic E-state index is 0. The predicted octanol–water partition coefficient (Wildman–Crippen LogP) is -1.06. The Labute approximate surface area is 60.6 Å². The monoisotopic (exact) mass is 177 g/mol. The van der Waals surface area contributed by atoms with E-state index in [1.807, 2.05) is 0 Å². The van der Waals surface area contributed by atoms with Gasteiger partial charge in [-0.05, 0) is 0 Å². The highest BCUT2D eigenvalue weighted by molar-refractivity contribution is 7.73. The lowest BCUT2D eigenvalue weighted by Gasteiger charge is -1.69. The zero-order chi connectivity index (χ0) is 7.15. The van der Waals surface area contributed by atoms with Gasteiger partial charge in [-0.25, -0.2) is 0 Å². The first-order chi connectivity index (χ1) is 3.46. The van der Waals surface area contributed by atoms with Crippen molar-refractivity contribution < 1.29 is 13.3 Å². The molecule has 0 rings (SSSR count). The fraction of sp³-hybridized carbons (Fsp3) is 0. The van der Waals surface area contributed by atoms with Crippen LogP contribution in [0, 0.1) is 5.41 Å². The van der Waals surface area contributed by atoms with E-state index in [-0.39, 0.29) is 18.4 Å². The molecule has 0 unspecified atom stereocenters. The molecule has 0 spiro atoms. The minimum atomic E-state index is -2.61. The van der Waals surface area contributed by atoms with E-state index in [1.165, 1.54) is 0 Å². The first-order valence-corrected chi connectivity index (χ1v) is 2.42. The zero-order valence-electron chi connectivity index (χ0n) is 4.27. The van der Waals surface area contributed by atoms with Crippen LogP contribution in [0.15, 0.2) is 0 Å². The maximum absolute atomic E-state index is 8.67. The van der Waals surface area contributed by atoms with Crippen LogP contribution in [0.2, 0.25) is 0 Å². The number of guanidine groups is 1. The molecule has 0 aromatic carbocycles. The topological polar surface area (TPSA) is 133 Å². The highest BCUT2D eigenvalue weighted by Crippen LogP contribution is 1.44. The first-order valence-electron chi connectivity index (χ1n) is 1.36. The molecule has 7 N–H and O–H groups in total. The Hall–Kier alpha value is -0.370. The van der Waals surface area contributed by atoms with Gasteiger partial charge < -0.3 is 11.5 Å². The molecule has 0 amide bonds. The normalized spacial score (nSPS) is 6.56. The third kappa shape index (κ3) is 1770. The van der Waals surface area contributed by atoms with Crippen molar-refractivity contribution in [2.45, 2.75) is 0 Å². The van der Waals surface area contributed by atoms with Crippen molar-refractivity contribution in [1.29, 1.82) is 5.41 Å². The van der Waals surface area contributed by atoms with Crippen LogP contribution in [0.25, 0.3) is 0 Å². The van der Waals surface area contributed by atoms with E-state index >= 15 is 0 Å². The average Bonchev–Trinajstić information content (AvgIpc) is 1.25. The molecule has 58 valence electrons. The van der Waals surface area contributed by atoms with Gasteiger partial charge in [0.05, 0.1) is 0 Å². The van der Waals surface area contributed by atoms with E-state index in [0.29, 0.717) is 0 Å². The predicted molar refractivity (Wildman–Crippen MR) is 36.7 cm³/mol. The molecule has 0 aromatic heterocycles. The third-order valence-corrected chi connectivity index (χ3v) is 0. The van der Waals surface area contributed by atoms with E-state index in [1.54, 1.807) is 0 Å². The SMILES string of the molecule is Cl.N=C(N)N.O=S(O)O. The van der Waals surface area contributed by atoms with Gasteiger partial charge in [0, 0.05) is 0 Å². The number of rotatable bonds is 0. The van der Waals surface area contributed by atoms with Gasteiger partial charge in [0.25, 0.3) is 11.4 Å². The Balaban J connectivity index is -0.0000000720. The van der Waals surface area contributed by atoms with E-state index in [0.717, 1.165) is 0 Å². The number of nitrogens with one attached hydrogen (secondary N) is 1. The lowest BCUT2D eigenvalue weighted by atomic mass is 11.1. The third-order valence-electron chi connectivity index (χ3n) is 0. The molecule has 0 saturated heterocycles. The van der Waals surface area contributed by atoms with Crippen LogP contribution >= 0.6 is 12.4 Å². The number of hydrogen-bond acceptors (Lipinski definition) is 2. The van der Waals surface area contributed by atoms with Crippen molar-refractivity contribution in [3.63, 3.8) is 0 Å². The van der Waals surface area contributed by atoms with Crippen LogP contribution in [0.3, 0.4) is 0 Å². The minimum Gasteiger partial charge on any atom is -0.370 e. The van der Waals surface area contributed by atoms with Crippen LogP contribution in [0.5, 0.6) is 0 Å². The molecule has 0 saturated carbocycles. The summed E-state index contributed by atoms with van der Waals surface area (Å²) in [6, 6.07) is 0. The molecule has 0 aromatic rings. The van der Waals surface area contributed by atoms with Crippen LogP contribution in [-0.4, -0.2) is 19.3 Å². The molecular formula is CH8ClN3O3S. The summed E-state index contributed by atoms with van der Waals surface area (Å²) < 4.78 is 22.8. The van der Waals surface area contributed by atoms with Crippen molar-refractivity contribution in [2.75, 3.05) is 0 Å². The zero-order valence-corrected chi connectivity index (χ0v) is 5.91. The molecule has 0 fully saturated rings. The summed E-state index contributed by atoms with van der Waals surface area (Å²) in [7, 11) is 0. The van der Waals surface area contributed by atoms with E-state index in [4.69, 9.17) is 18.7 Å². The summed E-state index contributed by atoms with van der Waals surface area (Å²) in [5.41, 5.74) is 8.94. The number of hydrogen-bond donors (Lipinski definition) is 5. The molecule has 0 atom stereocenters. The summed E-state index contributed by atoms with van der Waals surface area (Å²) in [5, 5.41) is 6.06. The lowest BCUT2D eigenvalue weighted by molar-refractivity contribution is 0.454. The quantitative estimate of drug-likeness (QED) is 0.183. The molecule has 9 heavy (non-hydrogen) atoms. The summed E-state index contributed by atoms with van der Waals surface area (Å²) in [6.07, 6.45) is 0. The Morgan fingerprint density at radius 3 is 1.44 bits per heavy atom. The van der Waals surface area contributed by atoms with E-state index in [9.17, 15) is 0 Å². The van der Waals surface area contributed by atoms with Gasteiger partial charge in [-0.1, -0.05) is 0 Å². The Kier molecular flexibility index (Phi) is 18.6. The lowest BCUT2D eigenvalue weighted by Crippen LogP contribution is -2.20. The summed E-state index contributed by atoms with van der Waals surface area (Å²) >= 11 is -2.61. The van der Waals surface area contributed by atoms with Gasteiger partial charge in [-0.15, -0.1) is 12.4 Å². The molecular weight excluding hydrogens is 170 g/mol. The molecule has 8 heteroatoms. The van der Waals surface area contributed by atoms with Crippen LogP contribution in [0.4, 0.5) is 0 Å². The molecule has 0 aliphatic rings. The van der Waals surface area contributed by atoms with Gasteiger partial charge >= 0.3 is 0 Å². The van der Waals surface area contributed by atoms with Gasteiger partial charge in [-0.3, -0.25) is 14.5 Å². The standard InChI is InChI=1S/CH5N3.ClH.H2O3S/c2-1(3)4;;1-4(2)3/h(H5,2,3,4);1H;(H2,1,2,3). The Morgan fingerprint density at radius 1 is 1.44 bits per heavy atom. The second-order valence-corrected chi connectivity index (χ2v) is 1.15.